The lowest BCUT2D eigenvalue weighted by molar-refractivity contribution is 0.0600. The Bertz CT molecular complexity index is 385. The first kappa shape index (κ1) is 13.4. The number of hydrogen-bond donors (Lipinski definition) is 1. The van der Waals surface area contributed by atoms with Crippen LogP contribution in [0.5, 0.6) is 0 Å². The van der Waals surface area contributed by atoms with Crippen molar-refractivity contribution in [2.75, 3.05) is 25.2 Å². The topological polar surface area (TPSA) is 38.3 Å². The van der Waals surface area contributed by atoms with Crippen LogP contribution in [0, 0.1) is 5.92 Å². The second kappa shape index (κ2) is 6.81. The summed E-state index contributed by atoms with van der Waals surface area (Å²) in [5.74, 6) is 3.14. The van der Waals surface area contributed by atoms with E-state index in [0.29, 0.717) is 5.56 Å². The van der Waals surface area contributed by atoms with Crippen molar-refractivity contribution in [3.05, 3.63) is 35.4 Å². The molecule has 0 aromatic heterocycles. The van der Waals surface area contributed by atoms with Crippen molar-refractivity contribution in [1.82, 2.24) is 5.32 Å². The number of thioether (sulfide) groups is 1. The summed E-state index contributed by atoms with van der Waals surface area (Å²) in [7, 11) is 1.40. The minimum Gasteiger partial charge on any atom is -0.465 e. The van der Waals surface area contributed by atoms with Crippen molar-refractivity contribution in [2.45, 2.75) is 13.0 Å². The molecule has 0 saturated carbocycles. The van der Waals surface area contributed by atoms with Gasteiger partial charge in [-0.05, 0) is 48.1 Å². The van der Waals surface area contributed by atoms with Crippen molar-refractivity contribution in [2.24, 2.45) is 5.92 Å². The van der Waals surface area contributed by atoms with Crippen LogP contribution >= 0.6 is 11.8 Å². The van der Waals surface area contributed by atoms with E-state index in [0.717, 1.165) is 19.0 Å². The lowest BCUT2D eigenvalue weighted by Gasteiger charge is -2.10. The normalized spacial score (nSPS) is 18.8. The predicted octanol–water partition coefficient (Wildman–Crippen LogP) is 2.32. The van der Waals surface area contributed by atoms with E-state index in [2.05, 4.69) is 10.1 Å². The number of methoxy groups -OCH3 is 1. The van der Waals surface area contributed by atoms with Gasteiger partial charge in [-0.2, -0.15) is 11.8 Å². The Balaban J connectivity index is 1.77. The van der Waals surface area contributed by atoms with Crippen LogP contribution in [0.1, 0.15) is 22.3 Å². The summed E-state index contributed by atoms with van der Waals surface area (Å²) in [4.78, 5) is 11.3. The van der Waals surface area contributed by atoms with Crippen LogP contribution in [0.4, 0.5) is 0 Å². The zero-order valence-electron chi connectivity index (χ0n) is 10.6. The van der Waals surface area contributed by atoms with Crippen LogP contribution in [-0.4, -0.2) is 31.1 Å². The summed E-state index contributed by atoms with van der Waals surface area (Å²) in [5.41, 5.74) is 1.81. The molecule has 0 radical (unpaired) electrons. The largest absolute Gasteiger partial charge is 0.465 e. The van der Waals surface area contributed by atoms with Gasteiger partial charge in [-0.25, -0.2) is 4.79 Å². The predicted molar refractivity (Wildman–Crippen MR) is 74.9 cm³/mol. The molecule has 0 spiro atoms. The second-order valence-corrected chi connectivity index (χ2v) is 5.70. The third-order valence-corrected chi connectivity index (χ3v) is 4.39. The minimum absolute atomic E-state index is 0.280. The molecule has 1 atom stereocenters. The van der Waals surface area contributed by atoms with E-state index >= 15 is 0 Å². The number of esters is 1. The molecule has 0 amide bonds. The molecule has 98 valence electrons. The number of benzene rings is 1. The molecule has 18 heavy (non-hydrogen) atoms. The second-order valence-electron chi connectivity index (χ2n) is 4.55. The molecular formula is C14H19NO2S. The third kappa shape index (κ3) is 3.75. The molecule has 1 heterocycles. The summed E-state index contributed by atoms with van der Waals surface area (Å²) >= 11 is 2.04. The molecule has 1 fully saturated rings. The number of rotatable bonds is 5. The summed E-state index contributed by atoms with van der Waals surface area (Å²) < 4.78 is 4.67. The van der Waals surface area contributed by atoms with Gasteiger partial charge in [-0.1, -0.05) is 12.1 Å². The van der Waals surface area contributed by atoms with Gasteiger partial charge in [0.1, 0.15) is 0 Å². The van der Waals surface area contributed by atoms with E-state index in [-0.39, 0.29) is 5.97 Å². The smallest absolute Gasteiger partial charge is 0.337 e. The van der Waals surface area contributed by atoms with Crippen LogP contribution in [0.2, 0.25) is 0 Å². The molecule has 1 unspecified atom stereocenters. The van der Waals surface area contributed by atoms with Gasteiger partial charge in [-0.15, -0.1) is 0 Å². The Morgan fingerprint density at radius 3 is 2.83 bits per heavy atom. The summed E-state index contributed by atoms with van der Waals surface area (Å²) in [5, 5.41) is 3.48. The van der Waals surface area contributed by atoms with E-state index in [1.165, 1.54) is 30.6 Å². The van der Waals surface area contributed by atoms with E-state index in [1.54, 1.807) is 0 Å². The SMILES string of the molecule is COC(=O)c1ccc(CNCC2CCSC2)cc1. The fraction of sp³-hybridized carbons (Fsp3) is 0.500. The molecule has 0 aliphatic carbocycles. The van der Waals surface area contributed by atoms with Crippen molar-refractivity contribution in [3.8, 4) is 0 Å². The van der Waals surface area contributed by atoms with Crippen LogP contribution in [0.25, 0.3) is 0 Å². The van der Waals surface area contributed by atoms with Crippen molar-refractivity contribution in [1.29, 1.82) is 0 Å². The van der Waals surface area contributed by atoms with E-state index in [4.69, 9.17) is 0 Å². The minimum atomic E-state index is -0.280. The number of hydrogen-bond acceptors (Lipinski definition) is 4. The Hall–Kier alpha value is -1.00. The van der Waals surface area contributed by atoms with Gasteiger partial charge in [0.15, 0.2) is 0 Å². The lowest BCUT2D eigenvalue weighted by atomic mass is 10.1. The summed E-state index contributed by atoms with van der Waals surface area (Å²) in [6, 6.07) is 7.58. The van der Waals surface area contributed by atoms with Gasteiger partial charge in [0.2, 0.25) is 0 Å². The molecule has 1 aromatic carbocycles. The Morgan fingerprint density at radius 1 is 1.44 bits per heavy atom. The average Bonchev–Trinajstić information content (AvgIpc) is 2.92. The maximum Gasteiger partial charge on any atom is 0.337 e. The number of nitrogens with one attached hydrogen (secondary N) is 1. The quantitative estimate of drug-likeness (QED) is 0.829. The molecule has 1 N–H and O–H groups in total. The van der Waals surface area contributed by atoms with Gasteiger partial charge in [0.05, 0.1) is 12.7 Å². The first-order valence-corrected chi connectivity index (χ1v) is 7.41. The average molecular weight is 265 g/mol. The first-order chi connectivity index (χ1) is 8.79. The van der Waals surface area contributed by atoms with E-state index < -0.39 is 0 Å². The van der Waals surface area contributed by atoms with Crippen LogP contribution in [0.15, 0.2) is 24.3 Å². The molecule has 1 aliphatic heterocycles. The first-order valence-electron chi connectivity index (χ1n) is 6.25. The fourth-order valence-corrected chi connectivity index (χ4v) is 3.33. The van der Waals surface area contributed by atoms with Crippen LogP contribution in [0.3, 0.4) is 0 Å². The molecule has 2 rings (SSSR count). The molecule has 3 nitrogen and oxygen atoms in total. The molecule has 1 aliphatic rings. The van der Waals surface area contributed by atoms with Crippen molar-refractivity contribution in [3.63, 3.8) is 0 Å². The highest BCUT2D eigenvalue weighted by atomic mass is 32.2. The summed E-state index contributed by atoms with van der Waals surface area (Å²) in [6.45, 7) is 1.95. The standard InChI is InChI=1S/C14H19NO2S/c1-17-14(16)13-4-2-11(3-5-13)8-15-9-12-6-7-18-10-12/h2-5,12,15H,6-10H2,1H3. The Kier molecular flexibility index (Phi) is 5.08. The van der Waals surface area contributed by atoms with Gasteiger partial charge in [0, 0.05) is 6.54 Å². The van der Waals surface area contributed by atoms with Crippen LogP contribution < -0.4 is 5.32 Å². The van der Waals surface area contributed by atoms with E-state index in [9.17, 15) is 4.79 Å². The molecule has 0 bridgehead atoms. The highest BCUT2D eigenvalue weighted by molar-refractivity contribution is 7.99. The monoisotopic (exact) mass is 265 g/mol. The number of ether oxygens (including phenoxy) is 1. The van der Waals surface area contributed by atoms with Gasteiger partial charge >= 0.3 is 5.97 Å². The number of carbonyl (C=O) groups excluding carboxylic acids is 1. The maximum atomic E-state index is 11.3. The maximum absolute atomic E-state index is 11.3. The zero-order valence-corrected chi connectivity index (χ0v) is 11.5. The summed E-state index contributed by atoms with van der Waals surface area (Å²) in [6.07, 6.45) is 1.33. The fourth-order valence-electron chi connectivity index (χ4n) is 2.04. The Morgan fingerprint density at radius 2 is 2.22 bits per heavy atom. The molecule has 4 heteroatoms. The highest BCUT2D eigenvalue weighted by Gasteiger charge is 2.14. The zero-order chi connectivity index (χ0) is 12.8. The van der Waals surface area contributed by atoms with Crippen molar-refractivity contribution >= 4 is 17.7 Å². The van der Waals surface area contributed by atoms with Crippen LogP contribution in [-0.2, 0) is 11.3 Å². The van der Waals surface area contributed by atoms with E-state index in [1.807, 2.05) is 36.0 Å². The third-order valence-electron chi connectivity index (χ3n) is 3.16. The molecular weight excluding hydrogens is 246 g/mol. The molecule has 1 aromatic rings. The molecule has 1 saturated heterocycles. The number of carbonyl (C=O) groups is 1. The van der Waals surface area contributed by atoms with Crippen molar-refractivity contribution < 1.29 is 9.53 Å². The Labute approximate surface area is 112 Å². The van der Waals surface area contributed by atoms with Gasteiger partial charge < -0.3 is 10.1 Å². The lowest BCUT2D eigenvalue weighted by Crippen LogP contribution is -2.22. The van der Waals surface area contributed by atoms with Gasteiger partial charge in [-0.3, -0.25) is 0 Å². The highest BCUT2D eigenvalue weighted by Crippen LogP contribution is 2.22. The van der Waals surface area contributed by atoms with Gasteiger partial charge in [0.25, 0.3) is 0 Å².